The molecular formula is C21H33IN4O. The molecule has 150 valence electrons. The molecule has 1 aliphatic carbocycles. The Morgan fingerprint density at radius 3 is 2.78 bits per heavy atom. The monoisotopic (exact) mass is 484 g/mol. The minimum atomic E-state index is 0. The Balaban J connectivity index is 0.00000261. The fraction of sp³-hybridized carbons (Fsp3) is 0.571. The summed E-state index contributed by atoms with van der Waals surface area (Å²) in [5, 5.41) is 8.16. The fourth-order valence-corrected chi connectivity index (χ4v) is 3.34. The highest BCUT2D eigenvalue weighted by molar-refractivity contribution is 14.0. The maximum absolute atomic E-state index is 5.52. The summed E-state index contributed by atoms with van der Waals surface area (Å²) in [6, 6.07) is 8.46. The molecule has 2 aromatic rings. The molecule has 0 amide bonds. The second-order valence-electron chi connectivity index (χ2n) is 7.18. The topological polar surface area (TPSA) is 61.4 Å². The number of ether oxygens (including phenoxy) is 1. The van der Waals surface area contributed by atoms with E-state index in [1.165, 1.54) is 29.3 Å². The number of fused-ring (bicyclic) bond motifs is 1. The molecule has 5 nitrogen and oxygen atoms in total. The largest absolute Gasteiger partial charge is 0.382 e. The van der Waals surface area contributed by atoms with Gasteiger partial charge in [-0.3, -0.25) is 4.99 Å². The van der Waals surface area contributed by atoms with E-state index in [4.69, 9.17) is 9.73 Å². The number of aromatic amines is 1. The molecule has 27 heavy (non-hydrogen) atoms. The first-order chi connectivity index (χ1) is 12.8. The number of nitrogens with one attached hydrogen (secondary N) is 3. The molecule has 0 unspecified atom stereocenters. The van der Waals surface area contributed by atoms with Crippen LogP contribution in [0.4, 0.5) is 0 Å². The number of hydrogen-bond donors (Lipinski definition) is 3. The average Bonchev–Trinajstić information content (AvgIpc) is 3.31. The fourth-order valence-electron chi connectivity index (χ4n) is 3.34. The summed E-state index contributed by atoms with van der Waals surface area (Å²) < 4.78 is 5.52. The van der Waals surface area contributed by atoms with Crippen LogP contribution in [0, 0.1) is 5.41 Å². The summed E-state index contributed by atoms with van der Waals surface area (Å²) in [5.41, 5.74) is 2.93. The average molecular weight is 484 g/mol. The molecule has 0 aliphatic heterocycles. The van der Waals surface area contributed by atoms with Gasteiger partial charge >= 0.3 is 0 Å². The number of guanidine groups is 1. The molecule has 0 bridgehead atoms. The van der Waals surface area contributed by atoms with Gasteiger partial charge < -0.3 is 20.4 Å². The lowest BCUT2D eigenvalue weighted by atomic mass is 10.0. The van der Waals surface area contributed by atoms with Crippen LogP contribution in [0.2, 0.25) is 0 Å². The molecule has 0 radical (unpaired) electrons. The number of H-pyrrole nitrogens is 1. The molecule has 1 heterocycles. The van der Waals surface area contributed by atoms with E-state index in [9.17, 15) is 0 Å². The van der Waals surface area contributed by atoms with Gasteiger partial charge in [-0.1, -0.05) is 18.2 Å². The Bertz CT molecular complexity index is 724. The van der Waals surface area contributed by atoms with Crippen LogP contribution in [0.5, 0.6) is 0 Å². The number of aromatic nitrogens is 1. The molecule has 1 saturated carbocycles. The number of hydrogen-bond acceptors (Lipinski definition) is 2. The van der Waals surface area contributed by atoms with Gasteiger partial charge in [0.1, 0.15) is 0 Å². The van der Waals surface area contributed by atoms with Gasteiger partial charge in [-0.25, -0.2) is 0 Å². The third kappa shape index (κ3) is 6.38. The molecule has 0 saturated heterocycles. The molecular weight excluding hydrogens is 451 g/mol. The minimum absolute atomic E-state index is 0. The van der Waals surface area contributed by atoms with Crippen molar-refractivity contribution in [1.82, 2.24) is 15.6 Å². The lowest BCUT2D eigenvalue weighted by Crippen LogP contribution is -2.38. The van der Waals surface area contributed by atoms with Crippen molar-refractivity contribution in [2.24, 2.45) is 10.4 Å². The Kier molecular flexibility index (Phi) is 8.89. The quantitative estimate of drug-likeness (QED) is 0.206. The van der Waals surface area contributed by atoms with Crippen molar-refractivity contribution < 1.29 is 4.74 Å². The first-order valence-electron chi connectivity index (χ1n) is 9.91. The van der Waals surface area contributed by atoms with E-state index in [0.717, 1.165) is 51.6 Å². The van der Waals surface area contributed by atoms with E-state index >= 15 is 0 Å². The molecule has 1 aliphatic rings. The van der Waals surface area contributed by atoms with E-state index in [-0.39, 0.29) is 24.0 Å². The zero-order valence-electron chi connectivity index (χ0n) is 16.5. The Labute approximate surface area is 179 Å². The molecule has 3 N–H and O–H groups in total. The van der Waals surface area contributed by atoms with Crippen LogP contribution in [0.1, 0.15) is 38.7 Å². The van der Waals surface area contributed by atoms with Gasteiger partial charge in [-0.2, -0.15) is 0 Å². The molecule has 1 aromatic heterocycles. The van der Waals surface area contributed by atoms with Gasteiger partial charge in [-0.15, -0.1) is 24.0 Å². The van der Waals surface area contributed by atoms with Crippen LogP contribution in [0.15, 0.2) is 35.5 Å². The molecule has 0 atom stereocenters. The maximum Gasteiger partial charge on any atom is 0.191 e. The van der Waals surface area contributed by atoms with Crippen molar-refractivity contribution in [3.05, 3.63) is 36.0 Å². The summed E-state index contributed by atoms with van der Waals surface area (Å²) >= 11 is 0. The van der Waals surface area contributed by atoms with Crippen molar-refractivity contribution >= 4 is 40.8 Å². The Hall–Kier alpha value is -1.28. The van der Waals surface area contributed by atoms with E-state index in [1.807, 2.05) is 0 Å². The van der Waals surface area contributed by atoms with Crippen molar-refractivity contribution in [1.29, 1.82) is 0 Å². The van der Waals surface area contributed by atoms with E-state index in [1.54, 1.807) is 0 Å². The minimum Gasteiger partial charge on any atom is -0.382 e. The van der Waals surface area contributed by atoms with Gasteiger partial charge in [0.05, 0.1) is 0 Å². The van der Waals surface area contributed by atoms with Crippen molar-refractivity contribution in [3.63, 3.8) is 0 Å². The van der Waals surface area contributed by atoms with E-state index in [2.05, 4.69) is 59.9 Å². The lowest BCUT2D eigenvalue weighted by molar-refractivity contribution is 0.129. The van der Waals surface area contributed by atoms with E-state index in [0.29, 0.717) is 5.41 Å². The van der Waals surface area contributed by atoms with Crippen LogP contribution in [0.3, 0.4) is 0 Å². The zero-order valence-corrected chi connectivity index (χ0v) is 18.8. The van der Waals surface area contributed by atoms with Gasteiger partial charge in [0.15, 0.2) is 5.96 Å². The molecule has 1 aromatic carbocycles. The van der Waals surface area contributed by atoms with Crippen LogP contribution < -0.4 is 10.6 Å². The molecule has 1 fully saturated rings. The van der Waals surface area contributed by atoms with Gasteiger partial charge in [0, 0.05) is 49.9 Å². The highest BCUT2D eigenvalue weighted by Crippen LogP contribution is 2.48. The number of nitrogens with zero attached hydrogens (tertiary/aromatic N) is 1. The number of benzene rings is 1. The van der Waals surface area contributed by atoms with Gasteiger partial charge in [-0.05, 0) is 56.6 Å². The SMILES string of the molecule is CCNC(=NCC1(CCOCC)CC1)NCCc1c[nH]c2ccccc12.I. The van der Waals surface area contributed by atoms with Gasteiger partial charge in [0.25, 0.3) is 0 Å². The predicted molar refractivity (Wildman–Crippen MR) is 124 cm³/mol. The third-order valence-corrected chi connectivity index (χ3v) is 5.22. The molecule has 0 spiro atoms. The van der Waals surface area contributed by atoms with Crippen molar-refractivity contribution in [2.75, 3.05) is 32.8 Å². The maximum atomic E-state index is 5.52. The summed E-state index contributed by atoms with van der Waals surface area (Å²) in [6.45, 7) is 8.47. The first kappa shape index (κ1) is 22.0. The first-order valence-corrected chi connectivity index (χ1v) is 9.91. The van der Waals surface area contributed by atoms with Crippen molar-refractivity contribution in [2.45, 2.75) is 39.5 Å². The Morgan fingerprint density at radius 2 is 2.04 bits per heavy atom. The van der Waals surface area contributed by atoms with Crippen LogP contribution >= 0.6 is 24.0 Å². The number of halogens is 1. The summed E-state index contributed by atoms with van der Waals surface area (Å²) in [6.07, 6.45) is 6.77. The zero-order chi connectivity index (χ0) is 18.2. The van der Waals surface area contributed by atoms with Crippen LogP contribution in [-0.2, 0) is 11.2 Å². The Morgan fingerprint density at radius 1 is 1.22 bits per heavy atom. The number of rotatable bonds is 10. The standard InChI is InChI=1S/C21H32N4O.HI/c1-3-22-20(25-16-21(10-11-21)12-14-26-4-2)23-13-9-17-15-24-19-8-6-5-7-18(17)19;/h5-8,15,24H,3-4,9-14,16H2,1-2H3,(H2,22,23,25);1H. The predicted octanol–water partition coefficient (Wildman–Crippen LogP) is 4.09. The molecule has 3 rings (SSSR count). The van der Waals surface area contributed by atoms with Crippen LogP contribution in [-0.4, -0.2) is 43.8 Å². The second kappa shape index (κ2) is 10.9. The summed E-state index contributed by atoms with van der Waals surface area (Å²) in [5.74, 6) is 0.926. The summed E-state index contributed by atoms with van der Waals surface area (Å²) in [4.78, 5) is 8.18. The van der Waals surface area contributed by atoms with Gasteiger partial charge in [0.2, 0.25) is 0 Å². The van der Waals surface area contributed by atoms with E-state index < -0.39 is 0 Å². The third-order valence-electron chi connectivity index (χ3n) is 5.22. The molecule has 6 heteroatoms. The van der Waals surface area contributed by atoms with Crippen molar-refractivity contribution in [3.8, 4) is 0 Å². The second-order valence-corrected chi connectivity index (χ2v) is 7.18. The summed E-state index contributed by atoms with van der Waals surface area (Å²) in [7, 11) is 0. The lowest BCUT2D eigenvalue weighted by Gasteiger charge is -2.15. The normalized spacial score (nSPS) is 15.4. The number of aliphatic imine (C=N–C) groups is 1. The number of para-hydroxylation sites is 1. The highest BCUT2D eigenvalue weighted by atomic mass is 127. The highest BCUT2D eigenvalue weighted by Gasteiger charge is 2.41. The smallest absolute Gasteiger partial charge is 0.191 e. The van der Waals surface area contributed by atoms with Crippen LogP contribution in [0.25, 0.3) is 10.9 Å².